The van der Waals surface area contributed by atoms with Crippen molar-refractivity contribution in [2.45, 2.75) is 18.5 Å². The Morgan fingerprint density at radius 3 is 3.09 bits per heavy atom. The summed E-state index contributed by atoms with van der Waals surface area (Å²) < 4.78 is 5.24. The van der Waals surface area contributed by atoms with Gasteiger partial charge in [0.25, 0.3) is 5.91 Å². The monoisotopic (exact) mass is 300 g/mol. The van der Waals surface area contributed by atoms with Crippen LogP contribution < -0.4 is 5.32 Å². The number of benzene rings is 1. The van der Waals surface area contributed by atoms with E-state index in [4.69, 9.17) is 4.52 Å². The van der Waals surface area contributed by atoms with E-state index in [-0.39, 0.29) is 11.9 Å². The van der Waals surface area contributed by atoms with Crippen molar-refractivity contribution in [2.75, 3.05) is 33.2 Å². The van der Waals surface area contributed by atoms with Crippen molar-refractivity contribution in [3.05, 3.63) is 30.0 Å². The number of amides is 1. The Hall–Kier alpha value is -1.92. The molecule has 3 heterocycles. The smallest absolute Gasteiger partial charge is 0.290 e. The Kier molecular flexibility index (Phi) is 3.35. The minimum Gasteiger partial charge on any atom is -0.350 e. The minimum atomic E-state index is -0.160. The number of piperazine rings is 1. The van der Waals surface area contributed by atoms with E-state index < -0.39 is 0 Å². The van der Waals surface area contributed by atoms with Gasteiger partial charge in [0.05, 0.1) is 5.39 Å². The maximum atomic E-state index is 12.5. The van der Waals surface area contributed by atoms with Crippen LogP contribution in [-0.2, 0) is 0 Å². The largest absolute Gasteiger partial charge is 0.350 e. The fourth-order valence-corrected chi connectivity index (χ4v) is 3.61. The van der Waals surface area contributed by atoms with Crippen LogP contribution in [0.4, 0.5) is 0 Å². The second kappa shape index (κ2) is 5.37. The van der Waals surface area contributed by atoms with Crippen LogP contribution in [0.15, 0.2) is 28.8 Å². The fraction of sp³-hybridized carbons (Fsp3) is 0.500. The van der Waals surface area contributed by atoms with E-state index in [0.29, 0.717) is 11.8 Å². The molecule has 6 heteroatoms. The summed E-state index contributed by atoms with van der Waals surface area (Å²) in [5.41, 5.74) is 0.720. The second-order valence-electron chi connectivity index (χ2n) is 6.35. The lowest BCUT2D eigenvalue weighted by atomic mass is 10.1. The fourth-order valence-electron chi connectivity index (χ4n) is 3.61. The van der Waals surface area contributed by atoms with E-state index in [1.54, 1.807) is 0 Å². The highest BCUT2D eigenvalue weighted by atomic mass is 16.5. The summed E-state index contributed by atoms with van der Waals surface area (Å²) >= 11 is 0. The zero-order chi connectivity index (χ0) is 15.1. The molecule has 0 spiro atoms. The number of nitrogens with zero attached hydrogens (tertiary/aromatic N) is 3. The molecule has 1 N–H and O–H groups in total. The van der Waals surface area contributed by atoms with Crippen LogP contribution in [0.2, 0.25) is 0 Å². The third kappa shape index (κ3) is 2.38. The van der Waals surface area contributed by atoms with Crippen molar-refractivity contribution in [3.63, 3.8) is 0 Å². The molecule has 2 aliphatic rings. The maximum absolute atomic E-state index is 12.5. The van der Waals surface area contributed by atoms with Gasteiger partial charge < -0.3 is 14.7 Å². The molecule has 22 heavy (non-hydrogen) atoms. The average molecular weight is 300 g/mol. The quantitative estimate of drug-likeness (QED) is 0.894. The van der Waals surface area contributed by atoms with Gasteiger partial charge in [0, 0.05) is 38.3 Å². The van der Waals surface area contributed by atoms with Gasteiger partial charge in [-0.25, -0.2) is 0 Å². The van der Waals surface area contributed by atoms with Crippen molar-refractivity contribution >= 4 is 16.8 Å². The van der Waals surface area contributed by atoms with Crippen LogP contribution >= 0.6 is 0 Å². The predicted molar refractivity (Wildman–Crippen MR) is 82.7 cm³/mol. The molecular formula is C16H20N4O2. The lowest BCUT2D eigenvalue weighted by Gasteiger charge is -2.34. The lowest BCUT2D eigenvalue weighted by Crippen LogP contribution is -2.48. The van der Waals surface area contributed by atoms with Crippen LogP contribution in [0.1, 0.15) is 17.0 Å². The molecule has 0 bridgehead atoms. The first kappa shape index (κ1) is 13.7. The molecule has 116 valence electrons. The van der Waals surface area contributed by atoms with E-state index in [1.165, 1.54) is 0 Å². The zero-order valence-corrected chi connectivity index (χ0v) is 12.7. The summed E-state index contributed by atoms with van der Waals surface area (Å²) in [4.78, 5) is 17.3. The summed E-state index contributed by atoms with van der Waals surface area (Å²) in [5, 5.41) is 7.83. The highest BCUT2D eigenvalue weighted by molar-refractivity contribution is 6.03. The molecule has 0 aliphatic carbocycles. The summed E-state index contributed by atoms with van der Waals surface area (Å²) in [5.74, 6) is 0.157. The minimum absolute atomic E-state index is 0.160. The van der Waals surface area contributed by atoms with Gasteiger partial charge in [0.15, 0.2) is 0 Å². The Bertz CT molecular complexity index is 698. The average Bonchev–Trinajstić information content (AvgIpc) is 3.09. The lowest BCUT2D eigenvalue weighted by molar-refractivity contribution is 0.0902. The van der Waals surface area contributed by atoms with Crippen molar-refractivity contribution in [2.24, 2.45) is 0 Å². The molecule has 2 saturated heterocycles. The molecular weight excluding hydrogens is 280 g/mol. The van der Waals surface area contributed by atoms with Gasteiger partial charge in [-0.15, -0.1) is 0 Å². The molecule has 0 radical (unpaired) electrons. The molecule has 2 aromatic rings. The highest BCUT2D eigenvalue weighted by Crippen LogP contribution is 2.23. The molecule has 0 unspecified atom stereocenters. The molecule has 1 aromatic heterocycles. The predicted octanol–water partition coefficient (Wildman–Crippen LogP) is 0.946. The number of likely N-dealkylation sites (N-methyl/N-ethyl adjacent to an activating group) is 1. The van der Waals surface area contributed by atoms with E-state index in [0.717, 1.165) is 43.5 Å². The number of hydrogen-bond acceptors (Lipinski definition) is 5. The molecule has 2 aliphatic heterocycles. The van der Waals surface area contributed by atoms with Crippen LogP contribution in [-0.4, -0.2) is 66.2 Å². The molecule has 4 rings (SSSR count). The Morgan fingerprint density at radius 1 is 1.32 bits per heavy atom. The Balaban J connectivity index is 1.46. The van der Waals surface area contributed by atoms with E-state index in [1.807, 2.05) is 24.3 Å². The number of nitrogens with one attached hydrogen (secondary N) is 1. The molecule has 2 atom stereocenters. The van der Waals surface area contributed by atoms with E-state index >= 15 is 0 Å². The Morgan fingerprint density at radius 2 is 2.18 bits per heavy atom. The maximum Gasteiger partial charge on any atom is 0.290 e. The van der Waals surface area contributed by atoms with Gasteiger partial charge >= 0.3 is 0 Å². The number of rotatable bonds is 2. The topological polar surface area (TPSA) is 61.6 Å². The van der Waals surface area contributed by atoms with Gasteiger partial charge in [0.1, 0.15) is 5.52 Å². The Labute approximate surface area is 129 Å². The van der Waals surface area contributed by atoms with Crippen molar-refractivity contribution < 1.29 is 9.32 Å². The third-order valence-corrected chi connectivity index (χ3v) is 4.74. The summed E-state index contributed by atoms with van der Waals surface area (Å²) in [6, 6.07) is 8.23. The van der Waals surface area contributed by atoms with Crippen LogP contribution in [0.3, 0.4) is 0 Å². The number of carbonyl (C=O) groups is 1. The van der Waals surface area contributed by atoms with E-state index in [2.05, 4.69) is 27.3 Å². The van der Waals surface area contributed by atoms with Crippen molar-refractivity contribution in [1.82, 2.24) is 20.3 Å². The van der Waals surface area contributed by atoms with Gasteiger partial charge in [-0.1, -0.05) is 17.3 Å². The van der Waals surface area contributed by atoms with Crippen LogP contribution in [0.25, 0.3) is 10.9 Å². The summed E-state index contributed by atoms with van der Waals surface area (Å²) in [6.07, 6.45) is 1.00. The highest BCUT2D eigenvalue weighted by Gasteiger charge is 2.36. The van der Waals surface area contributed by atoms with Gasteiger partial charge in [0.2, 0.25) is 5.76 Å². The standard InChI is InChI=1S/C16H20N4O2/c1-19-6-7-20-9-11(8-12(20)10-19)17-16(21)15-13-4-2-3-5-14(13)18-22-15/h2-5,11-12H,6-10H2,1H3,(H,17,21)/t11-,12-/m0/s1. The van der Waals surface area contributed by atoms with Gasteiger partial charge in [-0.2, -0.15) is 0 Å². The van der Waals surface area contributed by atoms with Crippen molar-refractivity contribution in [1.29, 1.82) is 0 Å². The zero-order valence-electron chi connectivity index (χ0n) is 12.7. The number of hydrogen-bond donors (Lipinski definition) is 1. The SMILES string of the molecule is CN1CCN2C[C@@H](NC(=O)c3onc4ccccc34)C[C@H]2C1. The molecule has 1 aromatic carbocycles. The second-order valence-corrected chi connectivity index (χ2v) is 6.35. The van der Waals surface area contributed by atoms with Crippen molar-refractivity contribution in [3.8, 4) is 0 Å². The first-order valence-corrected chi connectivity index (χ1v) is 7.78. The van der Waals surface area contributed by atoms with E-state index in [9.17, 15) is 4.79 Å². The normalized spacial score (nSPS) is 26.2. The first-order chi connectivity index (χ1) is 10.7. The molecule has 0 saturated carbocycles. The number of carbonyl (C=O) groups excluding carboxylic acids is 1. The first-order valence-electron chi connectivity index (χ1n) is 7.78. The summed E-state index contributed by atoms with van der Waals surface area (Å²) in [7, 11) is 2.16. The molecule has 6 nitrogen and oxygen atoms in total. The van der Waals surface area contributed by atoms with Crippen LogP contribution in [0.5, 0.6) is 0 Å². The summed E-state index contributed by atoms with van der Waals surface area (Å²) in [6.45, 7) is 4.19. The number of fused-ring (bicyclic) bond motifs is 2. The number of aromatic nitrogens is 1. The van der Waals surface area contributed by atoms with Gasteiger partial charge in [-0.3, -0.25) is 9.69 Å². The van der Waals surface area contributed by atoms with Gasteiger partial charge in [-0.05, 0) is 25.6 Å². The third-order valence-electron chi connectivity index (χ3n) is 4.74. The molecule has 2 fully saturated rings. The van der Waals surface area contributed by atoms with Crippen LogP contribution in [0, 0.1) is 0 Å². The molecule has 1 amide bonds.